The number of aliphatic hydroxyl groups excluding tert-OH is 1. The summed E-state index contributed by atoms with van der Waals surface area (Å²) in [6.07, 6.45) is -1.80. The first kappa shape index (κ1) is 29.7. The lowest BCUT2D eigenvalue weighted by atomic mass is 9.99. The van der Waals surface area contributed by atoms with Gasteiger partial charge in [0.1, 0.15) is 0 Å². The number of nitrogens with two attached hydrogens (primary N) is 1. The molecule has 1 amide bonds. The zero-order valence-electron chi connectivity index (χ0n) is 23.3. The second-order valence-electron chi connectivity index (χ2n) is 11.3. The highest BCUT2D eigenvalue weighted by molar-refractivity contribution is 7.89. The highest BCUT2D eigenvalue weighted by Crippen LogP contribution is 2.43. The summed E-state index contributed by atoms with van der Waals surface area (Å²) in [5.74, 6) is -0.0185. The van der Waals surface area contributed by atoms with Crippen molar-refractivity contribution in [3.63, 3.8) is 0 Å². The van der Waals surface area contributed by atoms with Crippen molar-refractivity contribution in [3.8, 4) is 0 Å². The number of hydrogen-bond donors (Lipinski definition) is 3. The van der Waals surface area contributed by atoms with Crippen molar-refractivity contribution < 1.29 is 37.3 Å². The van der Waals surface area contributed by atoms with E-state index in [0.29, 0.717) is 18.7 Å². The van der Waals surface area contributed by atoms with Crippen molar-refractivity contribution >= 4 is 21.8 Å². The average Bonchev–Trinajstić information content (AvgIpc) is 3.61. The molecule has 224 valence electrons. The van der Waals surface area contributed by atoms with Gasteiger partial charge >= 0.3 is 6.09 Å². The van der Waals surface area contributed by atoms with E-state index in [1.54, 1.807) is 0 Å². The summed E-state index contributed by atoms with van der Waals surface area (Å²) in [6, 6.07) is 14.4. The van der Waals surface area contributed by atoms with E-state index in [-0.39, 0.29) is 48.4 Å². The van der Waals surface area contributed by atoms with Gasteiger partial charge in [0.2, 0.25) is 16.3 Å². The summed E-state index contributed by atoms with van der Waals surface area (Å²) < 4.78 is 51.4. The van der Waals surface area contributed by atoms with Crippen LogP contribution in [0.3, 0.4) is 0 Å². The number of alkyl carbamates (subject to hydrolysis) is 1. The number of sulfonamides is 1. The fraction of sp³-hybridized carbons (Fsp3) is 0.552. The van der Waals surface area contributed by atoms with Gasteiger partial charge in [0, 0.05) is 37.7 Å². The Bertz CT molecular complexity index is 1280. The molecule has 0 spiro atoms. The third-order valence-electron chi connectivity index (χ3n) is 7.69. The zero-order valence-corrected chi connectivity index (χ0v) is 24.1. The molecule has 12 heteroatoms. The molecule has 4 N–H and O–H groups in total. The normalized spacial score (nSPS) is 27.0. The van der Waals surface area contributed by atoms with E-state index < -0.39 is 40.8 Å². The van der Waals surface area contributed by atoms with Crippen LogP contribution in [0.15, 0.2) is 59.5 Å². The molecule has 0 unspecified atom stereocenters. The Morgan fingerprint density at radius 1 is 1.12 bits per heavy atom. The van der Waals surface area contributed by atoms with Crippen LogP contribution in [0.5, 0.6) is 0 Å². The quantitative estimate of drug-likeness (QED) is 0.336. The van der Waals surface area contributed by atoms with Gasteiger partial charge in [-0.25, -0.2) is 13.2 Å². The molecular weight excluding hydrogens is 550 g/mol. The van der Waals surface area contributed by atoms with Gasteiger partial charge < -0.3 is 35.1 Å². The van der Waals surface area contributed by atoms with Gasteiger partial charge in [0.25, 0.3) is 0 Å². The smallest absolute Gasteiger partial charge is 0.409 e. The Morgan fingerprint density at radius 3 is 2.56 bits per heavy atom. The lowest BCUT2D eigenvalue weighted by Crippen LogP contribution is -2.51. The van der Waals surface area contributed by atoms with Crippen LogP contribution in [0.2, 0.25) is 0 Å². The molecule has 41 heavy (non-hydrogen) atoms. The summed E-state index contributed by atoms with van der Waals surface area (Å²) in [6.45, 7) is 4.38. The molecule has 2 aromatic carbocycles. The molecule has 0 saturated carbocycles. The van der Waals surface area contributed by atoms with Crippen molar-refractivity contribution in [2.45, 2.75) is 74.9 Å². The first-order valence-corrected chi connectivity index (χ1v) is 15.5. The van der Waals surface area contributed by atoms with Crippen LogP contribution in [0, 0.1) is 11.8 Å². The number of carbonyl (C=O) groups excluding carboxylic acids is 1. The molecule has 0 radical (unpaired) electrons. The summed E-state index contributed by atoms with van der Waals surface area (Å²) >= 11 is 0. The number of carbonyl (C=O) groups is 1. The maximum Gasteiger partial charge on any atom is 0.409 e. The molecular formula is C29H39N3O8S. The van der Waals surface area contributed by atoms with Crippen molar-refractivity contribution in [1.29, 1.82) is 0 Å². The minimum Gasteiger partial charge on any atom is -0.420 e. The Labute approximate surface area is 240 Å². The largest absolute Gasteiger partial charge is 0.420 e. The number of fused-ring (bicyclic) bond motifs is 3. The molecule has 11 nitrogen and oxygen atoms in total. The fourth-order valence-electron chi connectivity index (χ4n) is 5.71. The van der Waals surface area contributed by atoms with Crippen molar-refractivity contribution in [2.75, 3.05) is 25.4 Å². The molecule has 3 aliphatic rings. The van der Waals surface area contributed by atoms with Crippen molar-refractivity contribution in [1.82, 2.24) is 9.62 Å². The molecule has 3 heterocycles. The molecule has 5 rings (SSSR count). The van der Waals surface area contributed by atoms with Gasteiger partial charge in [-0.2, -0.15) is 4.31 Å². The van der Waals surface area contributed by atoms with Crippen LogP contribution in [-0.4, -0.2) is 80.6 Å². The van der Waals surface area contributed by atoms with Crippen LogP contribution in [-0.2, 0) is 35.4 Å². The second-order valence-corrected chi connectivity index (χ2v) is 13.3. The van der Waals surface area contributed by atoms with Crippen LogP contribution in [0.1, 0.15) is 32.3 Å². The molecule has 0 bridgehead atoms. The molecule has 2 aromatic rings. The number of rotatable bonds is 11. The van der Waals surface area contributed by atoms with E-state index >= 15 is 0 Å². The highest BCUT2D eigenvalue weighted by Gasteiger charge is 2.54. The standard InChI is InChI=1S/C29H39N3O8S/c1-18(2)16-32(41(35,36)21-10-8-20(30)9-11-21)17-24(33)23(14-19-6-4-3-5-7-19)31-29(34)40-26-15-22-27-25(12-13-37-27)38-28(22)39-26/h3-11,18,22-28,33H,12-17,30H2,1-2H3,(H,31,34)/t22-,23+,24-,25-,26-,27-,28-/m1/s1. The van der Waals surface area contributed by atoms with Crippen molar-refractivity contribution in [3.05, 3.63) is 60.2 Å². The Hall–Kier alpha value is -2.74. The van der Waals surface area contributed by atoms with Crippen LogP contribution >= 0.6 is 0 Å². The third kappa shape index (κ3) is 7.02. The molecule has 3 saturated heterocycles. The molecule has 3 fully saturated rings. The number of anilines is 1. The van der Waals surface area contributed by atoms with E-state index in [1.165, 1.54) is 28.6 Å². The third-order valence-corrected chi connectivity index (χ3v) is 9.54. The average molecular weight is 590 g/mol. The van der Waals surface area contributed by atoms with E-state index in [2.05, 4.69) is 5.32 Å². The molecule has 0 aliphatic carbocycles. The maximum absolute atomic E-state index is 13.5. The van der Waals surface area contributed by atoms with Gasteiger partial charge in [0.15, 0.2) is 6.29 Å². The number of hydrogen-bond acceptors (Lipinski definition) is 9. The predicted octanol–water partition coefficient (Wildman–Crippen LogP) is 2.49. The lowest BCUT2D eigenvalue weighted by Gasteiger charge is -2.30. The number of nitrogen functional groups attached to an aromatic ring is 1. The SMILES string of the molecule is CC(C)CN(C[C@@H](O)[C@H](Cc1ccccc1)NC(=O)O[C@@H]1C[C@H]2[C@@H](O1)O[C@@H]1CCO[C@H]21)S(=O)(=O)c1ccc(N)cc1. The van der Waals surface area contributed by atoms with E-state index in [4.69, 9.17) is 24.7 Å². The highest BCUT2D eigenvalue weighted by atomic mass is 32.2. The maximum atomic E-state index is 13.5. The second kappa shape index (κ2) is 12.6. The van der Waals surface area contributed by atoms with Gasteiger partial charge in [-0.3, -0.25) is 0 Å². The van der Waals surface area contributed by atoms with Gasteiger partial charge in [-0.1, -0.05) is 44.2 Å². The van der Waals surface area contributed by atoms with Crippen molar-refractivity contribution in [2.24, 2.45) is 11.8 Å². The topological polar surface area (TPSA) is 150 Å². The van der Waals surface area contributed by atoms with Crippen LogP contribution < -0.4 is 11.1 Å². The number of amides is 1. The van der Waals surface area contributed by atoms with Crippen LogP contribution in [0.4, 0.5) is 10.5 Å². The summed E-state index contributed by atoms with van der Waals surface area (Å²) in [5, 5.41) is 14.1. The Balaban J connectivity index is 1.28. The fourth-order valence-corrected chi connectivity index (χ4v) is 7.33. The number of aliphatic hydroxyl groups is 1. The number of nitrogens with zero attached hydrogens (tertiary/aromatic N) is 1. The Morgan fingerprint density at radius 2 is 1.85 bits per heavy atom. The van der Waals surface area contributed by atoms with Gasteiger partial charge in [-0.05, 0) is 48.6 Å². The first-order chi connectivity index (χ1) is 19.6. The van der Waals surface area contributed by atoms with Gasteiger partial charge in [0.05, 0.1) is 29.2 Å². The molecule has 7 atom stereocenters. The number of nitrogens with one attached hydrogen (secondary N) is 1. The zero-order chi connectivity index (χ0) is 29.1. The first-order valence-electron chi connectivity index (χ1n) is 14.1. The minimum absolute atomic E-state index is 0.00543. The van der Waals surface area contributed by atoms with E-state index in [9.17, 15) is 18.3 Å². The lowest BCUT2D eigenvalue weighted by molar-refractivity contribution is -0.189. The predicted molar refractivity (Wildman–Crippen MR) is 150 cm³/mol. The summed E-state index contributed by atoms with van der Waals surface area (Å²) in [7, 11) is -3.95. The van der Waals surface area contributed by atoms with Crippen LogP contribution in [0.25, 0.3) is 0 Å². The van der Waals surface area contributed by atoms with Gasteiger partial charge in [-0.15, -0.1) is 0 Å². The number of ether oxygens (including phenoxy) is 4. The van der Waals surface area contributed by atoms with E-state index in [1.807, 2.05) is 44.2 Å². The number of benzene rings is 2. The summed E-state index contributed by atoms with van der Waals surface area (Å²) in [4.78, 5) is 13.1. The Kier molecular flexibility index (Phi) is 9.17. The minimum atomic E-state index is -3.95. The van der Waals surface area contributed by atoms with E-state index in [0.717, 1.165) is 12.0 Å². The monoisotopic (exact) mass is 589 g/mol. The molecule has 0 aromatic heterocycles. The summed E-state index contributed by atoms with van der Waals surface area (Å²) in [5.41, 5.74) is 7.06. The molecule has 3 aliphatic heterocycles.